The van der Waals surface area contributed by atoms with Crippen LogP contribution in [0, 0.1) is 11.3 Å². The number of nitrogens with zero attached hydrogens (tertiary/aromatic N) is 2. The molecule has 3 rings (SSSR count). The number of rotatable bonds is 14. The van der Waals surface area contributed by atoms with Crippen molar-refractivity contribution in [2.24, 2.45) is 11.3 Å². The Morgan fingerprint density at radius 1 is 1.13 bits per heavy atom. The third-order valence-corrected chi connectivity index (χ3v) is 8.55. The predicted octanol–water partition coefficient (Wildman–Crippen LogP) is 4.16. The number of carbonyl (C=O) groups is 5. The molecule has 1 aromatic carbocycles. The summed E-state index contributed by atoms with van der Waals surface area (Å²) in [5.41, 5.74) is 1.16. The normalized spacial score (nSPS) is 18.7. The van der Waals surface area contributed by atoms with Crippen molar-refractivity contribution in [3.63, 3.8) is 0 Å². The first kappa shape index (κ1) is 35.6. The van der Waals surface area contributed by atoms with Gasteiger partial charge in [0.2, 0.25) is 11.8 Å². The van der Waals surface area contributed by atoms with E-state index in [0.29, 0.717) is 37.9 Å². The highest BCUT2D eigenvalue weighted by molar-refractivity contribution is 5.96. The van der Waals surface area contributed by atoms with E-state index >= 15 is 0 Å². The molecule has 1 saturated heterocycles. The molecule has 0 spiro atoms. The molecule has 4 atom stereocenters. The first-order chi connectivity index (χ1) is 21.3. The Morgan fingerprint density at radius 3 is 2.56 bits per heavy atom. The fourth-order valence-electron chi connectivity index (χ4n) is 5.70. The van der Waals surface area contributed by atoms with Gasteiger partial charge in [0.1, 0.15) is 24.7 Å². The van der Waals surface area contributed by atoms with E-state index in [1.165, 1.54) is 4.90 Å². The minimum absolute atomic E-state index is 0.105. The number of carbonyl (C=O) groups excluding carboxylic acids is 4. The smallest absolute Gasteiger partial charge is 0.407 e. The van der Waals surface area contributed by atoms with Crippen LogP contribution < -0.4 is 10.6 Å². The number of nitrogens with one attached hydrogen (secondary N) is 2. The fourth-order valence-corrected chi connectivity index (χ4v) is 5.70. The van der Waals surface area contributed by atoms with Gasteiger partial charge in [-0.15, -0.1) is 0 Å². The standard InChI is InChI=1S/C34H50N4O7/c1-6-7-8-9-10-14-23(2)29(32(42)43)36-30(40)26-17-13-19-38(26)28(39)21-35-33(44)45-27(34(3,4)5)22-37-20-18-24-15-11-12-16-25(24)31(37)41/h10-12,14-16,23,26-27,29H,6-9,13,17-22H2,1-5H3,(H,35,44)(H,36,40)(H,42,43)/b14-10-/t23?,26-,27?,29?/m0/s1. The molecule has 11 nitrogen and oxygen atoms in total. The Labute approximate surface area is 266 Å². The Kier molecular flexibility index (Phi) is 13.0. The van der Waals surface area contributed by atoms with Crippen LogP contribution in [0.1, 0.15) is 89.1 Å². The van der Waals surface area contributed by atoms with E-state index in [4.69, 9.17) is 4.74 Å². The molecule has 0 radical (unpaired) electrons. The van der Waals surface area contributed by atoms with Gasteiger partial charge in [-0.2, -0.15) is 0 Å². The zero-order valence-electron chi connectivity index (χ0n) is 27.3. The molecule has 0 bridgehead atoms. The summed E-state index contributed by atoms with van der Waals surface area (Å²) >= 11 is 0. The van der Waals surface area contributed by atoms with Crippen LogP contribution in [0.15, 0.2) is 36.4 Å². The van der Waals surface area contributed by atoms with Gasteiger partial charge >= 0.3 is 12.1 Å². The number of ether oxygens (including phenoxy) is 1. The number of allylic oxidation sites excluding steroid dienone is 1. The summed E-state index contributed by atoms with van der Waals surface area (Å²) in [4.78, 5) is 67.2. The number of hydrogen-bond donors (Lipinski definition) is 3. The van der Waals surface area contributed by atoms with Crippen molar-refractivity contribution in [2.45, 2.75) is 97.8 Å². The van der Waals surface area contributed by atoms with E-state index in [2.05, 4.69) is 17.6 Å². The molecule has 4 amide bonds. The summed E-state index contributed by atoms with van der Waals surface area (Å²) in [5.74, 6) is -2.66. The molecule has 0 aromatic heterocycles. The van der Waals surface area contributed by atoms with Gasteiger partial charge in [-0.3, -0.25) is 14.4 Å². The monoisotopic (exact) mass is 626 g/mol. The number of fused-ring (bicyclic) bond motifs is 1. The van der Waals surface area contributed by atoms with E-state index < -0.39 is 53.4 Å². The number of hydrogen-bond acceptors (Lipinski definition) is 6. The van der Waals surface area contributed by atoms with Crippen molar-refractivity contribution >= 4 is 29.8 Å². The second-order valence-corrected chi connectivity index (χ2v) is 13.1. The zero-order chi connectivity index (χ0) is 33.1. The number of alkyl carbamates (subject to hydrolysis) is 1. The van der Waals surface area contributed by atoms with Crippen LogP contribution in [0.5, 0.6) is 0 Å². The topological polar surface area (TPSA) is 145 Å². The van der Waals surface area contributed by atoms with Crippen LogP contribution in [0.2, 0.25) is 0 Å². The molecule has 1 fully saturated rings. The number of likely N-dealkylation sites (tertiary alicyclic amines) is 1. The van der Waals surface area contributed by atoms with Crippen LogP contribution in [0.25, 0.3) is 0 Å². The Morgan fingerprint density at radius 2 is 1.87 bits per heavy atom. The van der Waals surface area contributed by atoms with E-state index in [0.717, 1.165) is 31.2 Å². The van der Waals surface area contributed by atoms with Gasteiger partial charge in [0.25, 0.3) is 5.91 Å². The van der Waals surface area contributed by atoms with Gasteiger partial charge in [-0.05, 0) is 43.7 Å². The molecule has 2 aliphatic rings. The third kappa shape index (κ3) is 10.1. The lowest BCUT2D eigenvalue weighted by atomic mass is 9.88. The average Bonchev–Trinajstić information content (AvgIpc) is 3.49. The Balaban J connectivity index is 1.54. The number of aliphatic carboxylic acids is 1. The lowest BCUT2D eigenvalue weighted by molar-refractivity contribution is -0.144. The molecule has 2 aliphatic heterocycles. The largest absolute Gasteiger partial charge is 0.480 e. The SMILES string of the molecule is CCCCC/C=C\C(C)C(NC(=O)[C@@H]1CCCN1C(=O)CNC(=O)OC(CN1CCc2ccccc2C1=O)C(C)(C)C)C(=O)O. The van der Waals surface area contributed by atoms with E-state index in [1.54, 1.807) is 17.9 Å². The number of benzene rings is 1. The van der Waals surface area contributed by atoms with Crippen LogP contribution in [0.4, 0.5) is 4.79 Å². The molecule has 3 N–H and O–H groups in total. The average molecular weight is 627 g/mol. The quantitative estimate of drug-likeness (QED) is 0.208. The van der Waals surface area contributed by atoms with Gasteiger partial charge in [-0.1, -0.05) is 77.8 Å². The van der Waals surface area contributed by atoms with Crippen LogP contribution in [-0.4, -0.2) is 89.1 Å². The van der Waals surface area contributed by atoms with Crippen molar-refractivity contribution in [1.82, 2.24) is 20.4 Å². The molecule has 3 unspecified atom stereocenters. The lowest BCUT2D eigenvalue weighted by Crippen LogP contribution is -2.54. The van der Waals surface area contributed by atoms with Gasteiger partial charge in [0.15, 0.2) is 0 Å². The molecule has 0 saturated carbocycles. The molecule has 45 heavy (non-hydrogen) atoms. The molecule has 248 valence electrons. The summed E-state index contributed by atoms with van der Waals surface area (Å²) in [6.07, 6.45) is 8.09. The molecular formula is C34H50N4O7. The second kappa shape index (κ2) is 16.4. The first-order valence-electron chi connectivity index (χ1n) is 16.1. The number of carboxylic acid groups (broad SMARTS) is 1. The highest BCUT2D eigenvalue weighted by Gasteiger charge is 2.38. The molecule has 2 heterocycles. The number of carboxylic acids is 1. The summed E-state index contributed by atoms with van der Waals surface area (Å²) in [7, 11) is 0. The fraction of sp³-hybridized carbons (Fsp3) is 0.618. The Hall–Kier alpha value is -3.89. The minimum atomic E-state index is -1.14. The van der Waals surface area contributed by atoms with Crippen LogP contribution in [0.3, 0.4) is 0 Å². The minimum Gasteiger partial charge on any atom is -0.480 e. The molecule has 0 aliphatic carbocycles. The molecule has 11 heteroatoms. The second-order valence-electron chi connectivity index (χ2n) is 13.1. The van der Waals surface area contributed by atoms with Crippen LogP contribution in [-0.2, 0) is 25.5 Å². The molecule has 1 aromatic rings. The van der Waals surface area contributed by atoms with E-state index in [9.17, 15) is 29.1 Å². The maximum Gasteiger partial charge on any atom is 0.407 e. The summed E-state index contributed by atoms with van der Waals surface area (Å²) in [6, 6.07) is 5.53. The highest BCUT2D eigenvalue weighted by Crippen LogP contribution is 2.26. The van der Waals surface area contributed by atoms with Gasteiger partial charge < -0.3 is 30.3 Å². The van der Waals surface area contributed by atoms with Crippen LogP contribution >= 0.6 is 0 Å². The zero-order valence-corrected chi connectivity index (χ0v) is 27.3. The van der Waals surface area contributed by atoms with Crippen molar-refractivity contribution in [1.29, 1.82) is 0 Å². The van der Waals surface area contributed by atoms with Crippen molar-refractivity contribution < 1.29 is 33.8 Å². The van der Waals surface area contributed by atoms with E-state index in [1.807, 2.05) is 51.1 Å². The lowest BCUT2D eigenvalue weighted by Gasteiger charge is -2.36. The summed E-state index contributed by atoms with van der Waals surface area (Å²) in [6.45, 7) is 10.3. The van der Waals surface area contributed by atoms with Crippen molar-refractivity contribution in [2.75, 3.05) is 26.2 Å². The van der Waals surface area contributed by atoms with Gasteiger partial charge in [0.05, 0.1) is 6.54 Å². The Bertz CT molecular complexity index is 1240. The number of unbranched alkanes of at least 4 members (excludes halogenated alkanes) is 3. The molecular weight excluding hydrogens is 576 g/mol. The van der Waals surface area contributed by atoms with Crippen molar-refractivity contribution in [3.8, 4) is 0 Å². The first-order valence-corrected chi connectivity index (χ1v) is 16.1. The van der Waals surface area contributed by atoms with Crippen molar-refractivity contribution in [3.05, 3.63) is 47.5 Å². The summed E-state index contributed by atoms with van der Waals surface area (Å²) < 4.78 is 5.73. The third-order valence-electron chi connectivity index (χ3n) is 8.55. The maximum absolute atomic E-state index is 13.1. The maximum atomic E-state index is 13.1. The van der Waals surface area contributed by atoms with Gasteiger partial charge in [-0.25, -0.2) is 9.59 Å². The van der Waals surface area contributed by atoms with E-state index in [-0.39, 0.29) is 19.0 Å². The van der Waals surface area contributed by atoms with Gasteiger partial charge in [0, 0.05) is 30.0 Å². The number of amides is 4. The summed E-state index contributed by atoms with van der Waals surface area (Å²) in [5, 5.41) is 14.9. The highest BCUT2D eigenvalue weighted by atomic mass is 16.6. The predicted molar refractivity (Wildman–Crippen MR) is 171 cm³/mol.